The van der Waals surface area contributed by atoms with Gasteiger partial charge in [0.1, 0.15) is 0 Å². The monoisotopic (exact) mass is 391 g/mol. The van der Waals surface area contributed by atoms with Crippen molar-refractivity contribution < 1.29 is 9.90 Å². The third-order valence-electron chi connectivity index (χ3n) is 3.76. The normalized spacial score (nSPS) is 10.4. The number of nitrogens with one attached hydrogen (secondary N) is 3. The number of nitrogens with two attached hydrogens (primary N) is 2. The Morgan fingerprint density at radius 3 is 2.44 bits per heavy atom. The van der Waals surface area contributed by atoms with Crippen LogP contribution < -0.4 is 22.1 Å². The van der Waals surface area contributed by atoms with Crippen LogP contribution in [0, 0.1) is 5.41 Å². The number of unbranched alkanes of at least 4 members (excludes halogenated alkanes) is 1. The number of nitrogen functional groups attached to an aromatic ring is 2. The van der Waals surface area contributed by atoms with Gasteiger partial charge < -0.3 is 21.9 Å². The number of aliphatic hydroxyl groups is 1. The molecule has 9 nitrogen and oxygen atoms in total. The van der Waals surface area contributed by atoms with E-state index >= 15 is 0 Å². The van der Waals surface area contributed by atoms with Crippen molar-refractivity contribution in [1.29, 1.82) is 5.41 Å². The highest BCUT2D eigenvalue weighted by molar-refractivity contribution is 6.31. The number of hydrogen-bond acceptors (Lipinski definition) is 7. The van der Waals surface area contributed by atoms with E-state index in [4.69, 9.17) is 33.6 Å². The van der Waals surface area contributed by atoms with E-state index < -0.39 is 5.91 Å². The Morgan fingerprint density at radius 2 is 1.78 bits per heavy atom. The first kappa shape index (κ1) is 20.4. The molecule has 0 saturated heterocycles. The highest BCUT2D eigenvalue weighted by Gasteiger charge is 2.16. The van der Waals surface area contributed by atoms with E-state index in [2.05, 4.69) is 20.6 Å². The third-order valence-corrected chi connectivity index (χ3v) is 4.04. The van der Waals surface area contributed by atoms with Gasteiger partial charge in [0, 0.05) is 6.54 Å². The number of rotatable bonds is 7. The van der Waals surface area contributed by atoms with Crippen LogP contribution in [-0.2, 0) is 13.0 Å². The SMILES string of the molecule is N=C(NCCCCc1ccc(CO)cc1)NC(=O)c1nc(Cl)c(N)nc1N. The Hall–Kier alpha value is -2.91. The predicted octanol–water partition coefficient (Wildman–Crippen LogP) is 1.06. The van der Waals surface area contributed by atoms with Crippen molar-refractivity contribution in [2.45, 2.75) is 25.9 Å². The van der Waals surface area contributed by atoms with Gasteiger partial charge >= 0.3 is 0 Å². The topological polar surface area (TPSA) is 163 Å². The Bertz CT molecular complexity index is 812. The molecule has 2 rings (SSSR count). The molecule has 1 amide bonds. The molecule has 10 heteroatoms. The first-order chi connectivity index (χ1) is 12.9. The number of aliphatic hydroxyl groups excluding tert-OH is 1. The zero-order valence-corrected chi connectivity index (χ0v) is 15.4. The maximum absolute atomic E-state index is 12.1. The van der Waals surface area contributed by atoms with Crippen LogP contribution in [0.4, 0.5) is 11.6 Å². The first-order valence-corrected chi connectivity index (χ1v) is 8.69. The molecule has 1 aromatic heterocycles. The zero-order valence-electron chi connectivity index (χ0n) is 14.6. The number of anilines is 2. The highest BCUT2D eigenvalue weighted by Crippen LogP contribution is 2.17. The summed E-state index contributed by atoms with van der Waals surface area (Å²) in [5, 5.41) is 21.8. The quantitative estimate of drug-likeness (QED) is 0.233. The van der Waals surface area contributed by atoms with E-state index in [0.29, 0.717) is 6.54 Å². The molecule has 0 atom stereocenters. The highest BCUT2D eigenvalue weighted by atomic mass is 35.5. The number of benzene rings is 1. The lowest BCUT2D eigenvalue weighted by molar-refractivity contribution is 0.0971. The summed E-state index contributed by atoms with van der Waals surface area (Å²) in [4.78, 5) is 19.6. The van der Waals surface area contributed by atoms with Crippen molar-refractivity contribution in [2.24, 2.45) is 0 Å². The van der Waals surface area contributed by atoms with Gasteiger partial charge in [0.25, 0.3) is 5.91 Å². The molecule has 2 aromatic rings. The van der Waals surface area contributed by atoms with E-state index in [1.165, 1.54) is 5.56 Å². The minimum atomic E-state index is -0.691. The number of carbonyl (C=O) groups excluding carboxylic acids is 1. The van der Waals surface area contributed by atoms with Gasteiger partial charge in [-0.05, 0) is 30.4 Å². The Labute approximate surface area is 161 Å². The summed E-state index contributed by atoms with van der Waals surface area (Å²) in [5.74, 6) is -1.08. The van der Waals surface area contributed by atoms with Crippen LogP contribution in [0.3, 0.4) is 0 Å². The molecular formula is C17H22ClN7O2. The minimum Gasteiger partial charge on any atom is -0.392 e. The number of carbonyl (C=O) groups is 1. The van der Waals surface area contributed by atoms with Crippen LogP contribution >= 0.6 is 11.6 Å². The fourth-order valence-corrected chi connectivity index (χ4v) is 2.43. The lowest BCUT2D eigenvalue weighted by Crippen LogP contribution is -2.41. The summed E-state index contributed by atoms with van der Waals surface area (Å²) in [7, 11) is 0. The molecule has 0 unspecified atom stereocenters. The number of halogens is 1. The van der Waals surface area contributed by atoms with Crippen molar-refractivity contribution in [3.05, 3.63) is 46.2 Å². The van der Waals surface area contributed by atoms with Gasteiger partial charge in [-0.3, -0.25) is 15.5 Å². The molecule has 0 saturated carbocycles. The summed E-state index contributed by atoms with van der Waals surface area (Å²) in [5.41, 5.74) is 12.9. The molecule has 0 aliphatic carbocycles. The molecule has 0 aliphatic rings. The molecule has 1 heterocycles. The van der Waals surface area contributed by atoms with Gasteiger partial charge in [0.15, 0.2) is 28.4 Å². The average molecular weight is 392 g/mol. The van der Waals surface area contributed by atoms with Crippen molar-refractivity contribution in [3.8, 4) is 0 Å². The van der Waals surface area contributed by atoms with Gasteiger partial charge in [-0.2, -0.15) is 0 Å². The van der Waals surface area contributed by atoms with Crippen molar-refractivity contribution in [1.82, 2.24) is 20.6 Å². The summed E-state index contributed by atoms with van der Waals surface area (Å²) < 4.78 is 0. The smallest absolute Gasteiger partial charge is 0.280 e. The van der Waals surface area contributed by atoms with Gasteiger partial charge in [0.2, 0.25) is 0 Å². The standard InChI is InChI=1S/C17H22ClN7O2/c18-13-15(20)24-14(19)12(23-13)16(27)25-17(21)22-8-2-1-3-10-4-6-11(9-26)7-5-10/h4-7,26H,1-3,8-9H2,(H4,19,20,24)(H3,21,22,25,27). The van der Waals surface area contributed by atoms with Gasteiger partial charge in [-0.25, -0.2) is 9.97 Å². The molecule has 0 fully saturated rings. The summed E-state index contributed by atoms with van der Waals surface area (Å²) in [6, 6.07) is 7.78. The van der Waals surface area contributed by atoms with Crippen LogP contribution in [0.2, 0.25) is 5.15 Å². The molecule has 0 radical (unpaired) electrons. The lowest BCUT2D eigenvalue weighted by atomic mass is 10.1. The Morgan fingerprint density at radius 1 is 1.11 bits per heavy atom. The average Bonchev–Trinajstić information content (AvgIpc) is 2.64. The van der Waals surface area contributed by atoms with Crippen molar-refractivity contribution in [3.63, 3.8) is 0 Å². The van der Waals surface area contributed by atoms with Crippen LogP contribution in [0.1, 0.15) is 34.5 Å². The van der Waals surface area contributed by atoms with E-state index in [-0.39, 0.29) is 35.0 Å². The van der Waals surface area contributed by atoms with Crippen molar-refractivity contribution >= 4 is 35.1 Å². The number of nitrogens with zero attached hydrogens (tertiary/aromatic N) is 2. The number of aromatic nitrogens is 2. The molecule has 27 heavy (non-hydrogen) atoms. The van der Waals surface area contributed by atoms with Crippen LogP contribution in [0.25, 0.3) is 0 Å². The summed E-state index contributed by atoms with van der Waals surface area (Å²) in [6.07, 6.45) is 2.62. The number of aryl methyl sites for hydroxylation is 1. The van der Waals surface area contributed by atoms with Crippen LogP contribution in [-0.4, -0.2) is 33.5 Å². The first-order valence-electron chi connectivity index (χ1n) is 8.31. The van der Waals surface area contributed by atoms with Crippen LogP contribution in [0.5, 0.6) is 0 Å². The minimum absolute atomic E-state index is 0.0395. The third kappa shape index (κ3) is 6.08. The molecule has 0 spiro atoms. The van der Waals surface area contributed by atoms with Gasteiger partial charge in [-0.1, -0.05) is 35.9 Å². The fraction of sp³-hybridized carbons (Fsp3) is 0.294. The van der Waals surface area contributed by atoms with Gasteiger partial charge in [-0.15, -0.1) is 0 Å². The summed E-state index contributed by atoms with van der Waals surface area (Å²) in [6.45, 7) is 0.565. The van der Waals surface area contributed by atoms with Gasteiger partial charge in [0.05, 0.1) is 6.61 Å². The molecule has 8 N–H and O–H groups in total. The maximum Gasteiger partial charge on any atom is 0.280 e. The fourth-order valence-electron chi connectivity index (χ4n) is 2.30. The molecule has 1 aromatic carbocycles. The lowest BCUT2D eigenvalue weighted by Gasteiger charge is -2.10. The van der Waals surface area contributed by atoms with E-state index in [0.717, 1.165) is 24.8 Å². The second kappa shape index (κ2) is 9.70. The van der Waals surface area contributed by atoms with Crippen molar-refractivity contribution in [2.75, 3.05) is 18.0 Å². The Kier molecular flexibility index (Phi) is 7.33. The zero-order chi connectivity index (χ0) is 19.8. The molecule has 144 valence electrons. The second-order valence-corrected chi connectivity index (χ2v) is 6.18. The number of hydrogen-bond donors (Lipinski definition) is 6. The Balaban J connectivity index is 1.71. The second-order valence-electron chi connectivity index (χ2n) is 5.82. The van der Waals surface area contributed by atoms with Crippen LogP contribution in [0.15, 0.2) is 24.3 Å². The van der Waals surface area contributed by atoms with E-state index in [1.54, 1.807) is 0 Å². The molecular weight excluding hydrogens is 370 g/mol. The largest absolute Gasteiger partial charge is 0.392 e. The predicted molar refractivity (Wildman–Crippen MR) is 104 cm³/mol. The number of guanidine groups is 1. The van der Waals surface area contributed by atoms with E-state index in [1.807, 2.05) is 24.3 Å². The summed E-state index contributed by atoms with van der Waals surface area (Å²) >= 11 is 5.74. The van der Waals surface area contributed by atoms with E-state index in [9.17, 15) is 4.79 Å². The molecule has 0 bridgehead atoms. The molecule has 0 aliphatic heterocycles. The maximum atomic E-state index is 12.1. The number of amides is 1.